The van der Waals surface area contributed by atoms with Gasteiger partial charge in [-0.1, -0.05) is 5.21 Å². The summed E-state index contributed by atoms with van der Waals surface area (Å²) in [5.74, 6) is 0. The zero-order valence-electron chi connectivity index (χ0n) is 9.13. The van der Waals surface area contributed by atoms with Crippen molar-refractivity contribution in [1.29, 1.82) is 0 Å². The highest BCUT2D eigenvalue weighted by molar-refractivity contribution is 7.11. The fraction of sp³-hybridized carbons (Fsp3) is 0.500. The summed E-state index contributed by atoms with van der Waals surface area (Å²) in [5.41, 5.74) is 0.926. The lowest BCUT2D eigenvalue weighted by Crippen LogP contribution is -1.98. The van der Waals surface area contributed by atoms with Crippen molar-refractivity contribution >= 4 is 11.3 Å². The number of hydrogen-bond acceptors (Lipinski definition) is 5. The summed E-state index contributed by atoms with van der Waals surface area (Å²) in [6.07, 6.45) is 5.30. The molecule has 2 rings (SSSR count). The Kier molecular flexibility index (Phi) is 3.63. The average molecular weight is 238 g/mol. The van der Waals surface area contributed by atoms with Crippen LogP contribution < -0.4 is 0 Å². The minimum Gasteiger partial charge on any atom is -0.396 e. The first-order valence-corrected chi connectivity index (χ1v) is 6.01. The summed E-state index contributed by atoms with van der Waals surface area (Å²) in [6.45, 7) is 2.90. The van der Waals surface area contributed by atoms with Crippen molar-refractivity contribution in [3.8, 4) is 0 Å². The van der Waals surface area contributed by atoms with Crippen LogP contribution in [0.15, 0.2) is 12.4 Å². The zero-order valence-corrected chi connectivity index (χ0v) is 9.94. The molecule has 2 heterocycles. The molecule has 86 valence electrons. The normalized spacial score (nSPS) is 10.9. The standard InChI is InChI=1S/C10H14N4OS/c1-8-11-5-10(16-8)7-14-6-9(12-13-14)3-2-4-15/h5-6,15H,2-4,7H2,1H3. The van der Waals surface area contributed by atoms with E-state index in [1.165, 1.54) is 4.88 Å². The number of nitrogens with zero attached hydrogens (tertiary/aromatic N) is 4. The van der Waals surface area contributed by atoms with Crippen molar-refractivity contribution in [1.82, 2.24) is 20.0 Å². The van der Waals surface area contributed by atoms with Crippen LogP contribution in [0.25, 0.3) is 0 Å². The molecular weight excluding hydrogens is 224 g/mol. The van der Waals surface area contributed by atoms with Crippen LogP contribution in [-0.4, -0.2) is 31.7 Å². The number of aryl methyl sites for hydroxylation is 2. The van der Waals surface area contributed by atoms with Gasteiger partial charge >= 0.3 is 0 Å². The van der Waals surface area contributed by atoms with E-state index in [9.17, 15) is 0 Å². The Morgan fingerprint density at radius 1 is 1.50 bits per heavy atom. The molecule has 0 saturated carbocycles. The summed E-state index contributed by atoms with van der Waals surface area (Å²) >= 11 is 1.67. The third-order valence-electron chi connectivity index (χ3n) is 2.16. The maximum Gasteiger partial charge on any atom is 0.0897 e. The molecule has 0 radical (unpaired) electrons. The Labute approximate surface area is 97.8 Å². The lowest BCUT2D eigenvalue weighted by molar-refractivity contribution is 0.288. The van der Waals surface area contributed by atoms with Crippen molar-refractivity contribution in [2.24, 2.45) is 0 Å². The first-order chi connectivity index (χ1) is 7.78. The van der Waals surface area contributed by atoms with Crippen LogP contribution in [0.4, 0.5) is 0 Å². The molecule has 0 aliphatic heterocycles. The number of aliphatic hydroxyl groups is 1. The van der Waals surface area contributed by atoms with Gasteiger partial charge in [-0.15, -0.1) is 16.4 Å². The number of rotatable bonds is 5. The third kappa shape index (κ3) is 2.86. The van der Waals surface area contributed by atoms with Crippen molar-refractivity contribution in [3.05, 3.63) is 28.0 Å². The van der Waals surface area contributed by atoms with Gasteiger partial charge in [-0.2, -0.15) is 0 Å². The van der Waals surface area contributed by atoms with Gasteiger partial charge in [0.2, 0.25) is 0 Å². The molecular formula is C10H14N4OS. The number of thiazole rings is 1. The van der Waals surface area contributed by atoms with Gasteiger partial charge in [0.15, 0.2) is 0 Å². The van der Waals surface area contributed by atoms with Crippen molar-refractivity contribution in [3.63, 3.8) is 0 Å². The summed E-state index contributed by atoms with van der Waals surface area (Å²) < 4.78 is 1.81. The number of aromatic nitrogens is 4. The van der Waals surface area contributed by atoms with Crippen LogP contribution in [0.5, 0.6) is 0 Å². The van der Waals surface area contributed by atoms with E-state index in [0.717, 1.165) is 30.1 Å². The van der Waals surface area contributed by atoms with Crippen LogP contribution in [0.1, 0.15) is 22.0 Å². The van der Waals surface area contributed by atoms with E-state index in [4.69, 9.17) is 5.11 Å². The average Bonchev–Trinajstić information content (AvgIpc) is 2.86. The van der Waals surface area contributed by atoms with Crippen molar-refractivity contribution < 1.29 is 5.11 Å². The molecule has 2 aromatic rings. The molecule has 5 nitrogen and oxygen atoms in total. The molecule has 6 heteroatoms. The van der Waals surface area contributed by atoms with E-state index in [0.29, 0.717) is 0 Å². The third-order valence-corrected chi connectivity index (χ3v) is 3.06. The maximum absolute atomic E-state index is 8.71. The van der Waals surface area contributed by atoms with Crippen LogP contribution in [0.3, 0.4) is 0 Å². The summed E-state index contributed by atoms with van der Waals surface area (Å²) in [5, 5.41) is 17.9. The van der Waals surface area contributed by atoms with Crippen molar-refractivity contribution in [2.45, 2.75) is 26.3 Å². The smallest absolute Gasteiger partial charge is 0.0897 e. The van der Waals surface area contributed by atoms with Crippen LogP contribution in [0, 0.1) is 6.92 Å². The first kappa shape index (κ1) is 11.2. The molecule has 0 unspecified atom stereocenters. The molecule has 1 N–H and O–H groups in total. The Hall–Kier alpha value is -1.27. The van der Waals surface area contributed by atoms with Gasteiger partial charge in [0.05, 0.1) is 17.2 Å². The molecule has 0 aromatic carbocycles. The molecule has 16 heavy (non-hydrogen) atoms. The highest BCUT2D eigenvalue weighted by Gasteiger charge is 2.03. The molecule has 0 amide bonds. The molecule has 0 saturated heterocycles. The zero-order chi connectivity index (χ0) is 11.4. The molecule has 0 fully saturated rings. The summed E-state index contributed by atoms with van der Waals surface area (Å²) in [7, 11) is 0. The Bertz CT molecular complexity index is 451. The predicted octanol–water partition coefficient (Wildman–Crippen LogP) is 1.02. The number of hydrogen-bond donors (Lipinski definition) is 1. The van der Waals surface area contributed by atoms with Crippen LogP contribution in [-0.2, 0) is 13.0 Å². The van der Waals surface area contributed by atoms with Gasteiger partial charge in [0.25, 0.3) is 0 Å². The molecule has 0 aliphatic carbocycles. The fourth-order valence-electron chi connectivity index (χ4n) is 1.43. The van der Waals surface area contributed by atoms with Gasteiger partial charge in [0, 0.05) is 23.9 Å². The molecule has 0 bridgehead atoms. The van der Waals surface area contributed by atoms with Gasteiger partial charge in [-0.05, 0) is 19.8 Å². The monoisotopic (exact) mass is 238 g/mol. The molecule has 0 spiro atoms. The topological polar surface area (TPSA) is 63.8 Å². The Morgan fingerprint density at radius 3 is 3.06 bits per heavy atom. The maximum atomic E-state index is 8.71. The molecule has 0 atom stereocenters. The highest BCUT2D eigenvalue weighted by Crippen LogP contribution is 2.12. The molecule has 0 aliphatic rings. The Balaban J connectivity index is 1.97. The minimum atomic E-state index is 0.195. The quantitative estimate of drug-likeness (QED) is 0.844. The van der Waals surface area contributed by atoms with Gasteiger partial charge < -0.3 is 5.11 Å². The van der Waals surface area contributed by atoms with E-state index in [1.54, 1.807) is 16.0 Å². The Morgan fingerprint density at radius 2 is 2.38 bits per heavy atom. The second-order valence-electron chi connectivity index (χ2n) is 3.58. The van der Waals surface area contributed by atoms with Crippen LogP contribution in [0.2, 0.25) is 0 Å². The van der Waals surface area contributed by atoms with E-state index in [1.807, 2.05) is 19.3 Å². The van der Waals surface area contributed by atoms with E-state index in [-0.39, 0.29) is 6.61 Å². The molecule has 2 aromatic heterocycles. The van der Waals surface area contributed by atoms with Gasteiger partial charge in [0.1, 0.15) is 0 Å². The van der Waals surface area contributed by atoms with Crippen molar-refractivity contribution in [2.75, 3.05) is 6.61 Å². The van der Waals surface area contributed by atoms with E-state index in [2.05, 4.69) is 15.3 Å². The van der Waals surface area contributed by atoms with E-state index < -0.39 is 0 Å². The first-order valence-electron chi connectivity index (χ1n) is 5.19. The van der Waals surface area contributed by atoms with Crippen LogP contribution >= 0.6 is 11.3 Å². The highest BCUT2D eigenvalue weighted by atomic mass is 32.1. The fourth-order valence-corrected chi connectivity index (χ4v) is 2.22. The minimum absolute atomic E-state index is 0.195. The second-order valence-corrected chi connectivity index (χ2v) is 4.90. The van der Waals surface area contributed by atoms with Gasteiger partial charge in [-0.25, -0.2) is 9.67 Å². The van der Waals surface area contributed by atoms with Gasteiger partial charge in [-0.3, -0.25) is 0 Å². The SMILES string of the molecule is Cc1ncc(Cn2cc(CCCO)nn2)s1. The lowest BCUT2D eigenvalue weighted by atomic mass is 10.3. The summed E-state index contributed by atoms with van der Waals surface area (Å²) in [6, 6.07) is 0. The summed E-state index contributed by atoms with van der Waals surface area (Å²) in [4.78, 5) is 5.37. The number of aliphatic hydroxyl groups excluding tert-OH is 1. The van der Waals surface area contributed by atoms with E-state index >= 15 is 0 Å². The largest absolute Gasteiger partial charge is 0.396 e. The second kappa shape index (κ2) is 5.18. The lowest BCUT2D eigenvalue weighted by Gasteiger charge is -1.94. The predicted molar refractivity (Wildman–Crippen MR) is 61.4 cm³/mol.